The minimum Gasteiger partial charge on any atom is -0.481 e. The van der Waals surface area contributed by atoms with E-state index >= 15 is 0 Å². The van der Waals surface area contributed by atoms with E-state index in [9.17, 15) is 14.0 Å². The SMILES string of the molecule is C[C@@H](C(=O)O)c1ccc(C[C@H]2CCCC2=O)cc1F. The predicted octanol–water partition coefficient (Wildman–Crippen LogP) is 2.93. The van der Waals surface area contributed by atoms with Gasteiger partial charge in [0.25, 0.3) is 0 Å². The van der Waals surface area contributed by atoms with Crippen LogP contribution in [0.15, 0.2) is 18.2 Å². The highest BCUT2D eigenvalue weighted by Gasteiger charge is 2.25. The van der Waals surface area contributed by atoms with E-state index in [1.54, 1.807) is 6.07 Å². The molecular formula is C15H17FO3. The molecule has 0 amide bonds. The fraction of sp³-hybridized carbons (Fsp3) is 0.467. The number of Topliss-reactive ketones (excluding diaryl/α,β-unsaturated/α-hetero) is 1. The molecule has 1 aromatic carbocycles. The third-order valence-corrected chi connectivity index (χ3v) is 3.82. The summed E-state index contributed by atoms with van der Waals surface area (Å²) in [6, 6.07) is 4.60. The summed E-state index contributed by atoms with van der Waals surface area (Å²) in [5.41, 5.74) is 0.952. The molecule has 0 radical (unpaired) electrons. The van der Waals surface area contributed by atoms with E-state index in [0.29, 0.717) is 12.8 Å². The number of rotatable bonds is 4. The van der Waals surface area contributed by atoms with E-state index in [0.717, 1.165) is 18.4 Å². The largest absolute Gasteiger partial charge is 0.481 e. The number of benzene rings is 1. The molecule has 0 unspecified atom stereocenters. The zero-order chi connectivity index (χ0) is 14.0. The first kappa shape index (κ1) is 13.7. The van der Waals surface area contributed by atoms with E-state index in [-0.39, 0.29) is 17.3 Å². The van der Waals surface area contributed by atoms with Gasteiger partial charge in [0.05, 0.1) is 5.92 Å². The van der Waals surface area contributed by atoms with Crippen LogP contribution >= 0.6 is 0 Å². The molecule has 1 aliphatic rings. The number of halogens is 1. The number of carboxylic acids is 1. The summed E-state index contributed by atoms with van der Waals surface area (Å²) in [4.78, 5) is 22.4. The minimum absolute atomic E-state index is 0.00199. The number of hydrogen-bond donors (Lipinski definition) is 1. The van der Waals surface area contributed by atoms with Crippen LogP contribution in [0.3, 0.4) is 0 Å². The Morgan fingerprint density at radius 3 is 2.79 bits per heavy atom. The predicted molar refractivity (Wildman–Crippen MR) is 68.5 cm³/mol. The minimum atomic E-state index is -1.04. The summed E-state index contributed by atoms with van der Waals surface area (Å²) >= 11 is 0. The molecule has 0 aromatic heterocycles. The molecule has 1 aromatic rings. The highest BCUT2D eigenvalue weighted by atomic mass is 19.1. The van der Waals surface area contributed by atoms with E-state index in [4.69, 9.17) is 5.11 Å². The average molecular weight is 264 g/mol. The summed E-state index contributed by atoms with van der Waals surface area (Å²) in [6.45, 7) is 1.46. The van der Waals surface area contributed by atoms with Crippen LogP contribution in [0.25, 0.3) is 0 Å². The van der Waals surface area contributed by atoms with Gasteiger partial charge in [0.1, 0.15) is 11.6 Å². The first-order chi connectivity index (χ1) is 8.99. The van der Waals surface area contributed by atoms with Crippen LogP contribution < -0.4 is 0 Å². The molecule has 0 aliphatic heterocycles. The van der Waals surface area contributed by atoms with Crippen molar-refractivity contribution in [3.8, 4) is 0 Å². The van der Waals surface area contributed by atoms with Crippen LogP contribution in [-0.2, 0) is 16.0 Å². The third-order valence-electron chi connectivity index (χ3n) is 3.82. The summed E-state index contributed by atoms with van der Waals surface area (Å²) in [5, 5.41) is 8.88. The van der Waals surface area contributed by atoms with Gasteiger partial charge in [0.2, 0.25) is 0 Å². The Kier molecular flexibility index (Phi) is 3.98. The molecule has 1 N–H and O–H groups in total. The maximum Gasteiger partial charge on any atom is 0.310 e. The molecule has 0 spiro atoms. The molecular weight excluding hydrogens is 247 g/mol. The lowest BCUT2D eigenvalue weighted by atomic mass is 9.94. The first-order valence-electron chi connectivity index (χ1n) is 6.53. The van der Waals surface area contributed by atoms with Gasteiger partial charge in [-0.2, -0.15) is 0 Å². The number of hydrogen-bond acceptors (Lipinski definition) is 2. The van der Waals surface area contributed by atoms with Gasteiger partial charge in [-0.3, -0.25) is 9.59 Å². The van der Waals surface area contributed by atoms with Crippen molar-refractivity contribution >= 4 is 11.8 Å². The zero-order valence-corrected chi connectivity index (χ0v) is 10.9. The number of carbonyl (C=O) groups is 2. The topological polar surface area (TPSA) is 54.4 Å². The van der Waals surface area contributed by atoms with E-state index < -0.39 is 17.7 Å². The smallest absolute Gasteiger partial charge is 0.310 e. The molecule has 19 heavy (non-hydrogen) atoms. The number of ketones is 1. The molecule has 2 atom stereocenters. The molecule has 0 saturated heterocycles. The summed E-state index contributed by atoms with van der Waals surface area (Å²) in [7, 11) is 0. The molecule has 3 nitrogen and oxygen atoms in total. The monoisotopic (exact) mass is 264 g/mol. The lowest BCUT2D eigenvalue weighted by molar-refractivity contribution is -0.138. The van der Waals surface area contributed by atoms with Crippen LogP contribution in [0.1, 0.15) is 43.2 Å². The molecule has 1 fully saturated rings. The molecule has 4 heteroatoms. The molecule has 102 valence electrons. The van der Waals surface area contributed by atoms with Crippen molar-refractivity contribution in [3.05, 3.63) is 35.1 Å². The van der Waals surface area contributed by atoms with Crippen molar-refractivity contribution in [3.63, 3.8) is 0 Å². The van der Waals surface area contributed by atoms with Gasteiger partial charge in [-0.1, -0.05) is 12.1 Å². The first-order valence-corrected chi connectivity index (χ1v) is 6.53. The van der Waals surface area contributed by atoms with Gasteiger partial charge >= 0.3 is 5.97 Å². The Hall–Kier alpha value is -1.71. The van der Waals surface area contributed by atoms with E-state index in [2.05, 4.69) is 0 Å². The Morgan fingerprint density at radius 1 is 1.53 bits per heavy atom. The van der Waals surface area contributed by atoms with Crippen molar-refractivity contribution in [2.75, 3.05) is 0 Å². The van der Waals surface area contributed by atoms with Gasteiger partial charge in [0, 0.05) is 17.9 Å². The maximum absolute atomic E-state index is 13.9. The third kappa shape index (κ3) is 3.00. The fourth-order valence-corrected chi connectivity index (χ4v) is 2.57. The van der Waals surface area contributed by atoms with E-state index in [1.165, 1.54) is 19.1 Å². The van der Waals surface area contributed by atoms with Crippen molar-refractivity contribution in [2.24, 2.45) is 5.92 Å². The van der Waals surface area contributed by atoms with Crippen LogP contribution in [0, 0.1) is 11.7 Å². The van der Waals surface area contributed by atoms with Gasteiger partial charge in [-0.15, -0.1) is 0 Å². The van der Waals surface area contributed by atoms with Crippen LogP contribution in [0.4, 0.5) is 4.39 Å². The van der Waals surface area contributed by atoms with Crippen LogP contribution in [0.2, 0.25) is 0 Å². The average Bonchev–Trinajstić information content (AvgIpc) is 2.74. The second kappa shape index (κ2) is 5.51. The molecule has 1 saturated carbocycles. The van der Waals surface area contributed by atoms with E-state index in [1.807, 2.05) is 0 Å². The number of carboxylic acid groups (broad SMARTS) is 1. The second-order valence-electron chi connectivity index (χ2n) is 5.18. The Balaban J connectivity index is 2.14. The Morgan fingerprint density at radius 2 is 2.26 bits per heavy atom. The highest BCUT2D eigenvalue weighted by Crippen LogP contribution is 2.27. The summed E-state index contributed by atoms with van der Waals surface area (Å²) in [6.07, 6.45) is 2.96. The van der Waals surface area contributed by atoms with Crippen LogP contribution in [0.5, 0.6) is 0 Å². The number of carbonyl (C=O) groups excluding carboxylic acids is 1. The summed E-state index contributed by atoms with van der Waals surface area (Å²) in [5.74, 6) is -2.15. The molecule has 1 aliphatic carbocycles. The number of aliphatic carboxylic acids is 1. The van der Waals surface area contributed by atoms with Crippen LogP contribution in [-0.4, -0.2) is 16.9 Å². The second-order valence-corrected chi connectivity index (χ2v) is 5.18. The zero-order valence-electron chi connectivity index (χ0n) is 10.9. The quantitative estimate of drug-likeness (QED) is 0.909. The van der Waals surface area contributed by atoms with Crippen molar-refractivity contribution in [1.29, 1.82) is 0 Å². The van der Waals surface area contributed by atoms with Crippen molar-refractivity contribution < 1.29 is 19.1 Å². The van der Waals surface area contributed by atoms with Gasteiger partial charge in [-0.25, -0.2) is 4.39 Å². The fourth-order valence-electron chi connectivity index (χ4n) is 2.57. The molecule has 0 heterocycles. The molecule has 2 rings (SSSR count). The maximum atomic E-state index is 13.9. The normalized spacial score (nSPS) is 20.5. The standard InChI is InChI=1S/C15H17FO3/c1-9(15(18)19)12-6-5-10(8-13(12)16)7-11-3-2-4-14(11)17/h5-6,8-9,11H,2-4,7H2,1H3,(H,18,19)/t9-,11-/m1/s1. The Bertz CT molecular complexity index is 510. The molecule has 0 bridgehead atoms. The Labute approximate surface area is 111 Å². The van der Waals surface area contributed by atoms with Crippen molar-refractivity contribution in [1.82, 2.24) is 0 Å². The lowest BCUT2D eigenvalue weighted by Crippen LogP contribution is -2.12. The van der Waals surface area contributed by atoms with Crippen molar-refractivity contribution in [2.45, 2.75) is 38.5 Å². The highest BCUT2D eigenvalue weighted by molar-refractivity contribution is 5.83. The van der Waals surface area contributed by atoms with Gasteiger partial charge in [0.15, 0.2) is 0 Å². The van der Waals surface area contributed by atoms with Gasteiger partial charge < -0.3 is 5.11 Å². The lowest BCUT2D eigenvalue weighted by Gasteiger charge is -2.12. The summed E-state index contributed by atoms with van der Waals surface area (Å²) < 4.78 is 13.9. The van der Waals surface area contributed by atoms with Gasteiger partial charge in [-0.05, 0) is 37.8 Å².